The van der Waals surface area contributed by atoms with E-state index in [4.69, 9.17) is 11.6 Å². The molecule has 0 saturated heterocycles. The molecule has 2 aromatic rings. The summed E-state index contributed by atoms with van der Waals surface area (Å²) in [6, 6.07) is 12.8. The van der Waals surface area contributed by atoms with Gasteiger partial charge in [0.2, 0.25) is 0 Å². The molecule has 0 nitrogen and oxygen atoms in total. The molecule has 0 aliphatic carbocycles. The molecule has 0 aliphatic heterocycles. The molecular formula is C13H7ClF3. The van der Waals surface area contributed by atoms with E-state index in [1.54, 1.807) is 24.3 Å². The standard InChI is InChI=1S/C13H7ClF3/c14-12-7-2-1-6-11(12)9-4-3-5-10(8-9)13(15,16)17/h1-6,8H. The normalized spacial score (nSPS) is 11.5. The van der Waals surface area contributed by atoms with Crippen LogP contribution in [0.25, 0.3) is 11.1 Å². The number of hydrogen-bond acceptors (Lipinski definition) is 0. The van der Waals surface area contributed by atoms with Crippen molar-refractivity contribution in [3.8, 4) is 11.1 Å². The van der Waals surface area contributed by atoms with Crippen LogP contribution in [0.5, 0.6) is 0 Å². The first-order chi connectivity index (χ1) is 7.98. The Kier molecular flexibility index (Phi) is 3.11. The quantitative estimate of drug-likeness (QED) is 0.685. The van der Waals surface area contributed by atoms with Crippen molar-refractivity contribution in [2.75, 3.05) is 0 Å². The molecule has 0 saturated carbocycles. The van der Waals surface area contributed by atoms with Crippen LogP contribution in [0.1, 0.15) is 5.56 Å². The summed E-state index contributed by atoms with van der Waals surface area (Å²) >= 11 is 5.89. The van der Waals surface area contributed by atoms with Gasteiger partial charge in [0.15, 0.2) is 0 Å². The van der Waals surface area contributed by atoms with E-state index >= 15 is 0 Å². The highest BCUT2D eigenvalue weighted by Gasteiger charge is 2.30. The first kappa shape index (κ1) is 12.0. The van der Waals surface area contributed by atoms with Crippen molar-refractivity contribution in [1.82, 2.24) is 0 Å². The molecule has 17 heavy (non-hydrogen) atoms. The van der Waals surface area contributed by atoms with Crippen molar-refractivity contribution in [3.63, 3.8) is 0 Å². The highest BCUT2D eigenvalue weighted by atomic mass is 35.5. The third-order valence-electron chi connectivity index (χ3n) is 2.31. The molecule has 0 bridgehead atoms. The highest BCUT2D eigenvalue weighted by Crippen LogP contribution is 2.33. The van der Waals surface area contributed by atoms with E-state index < -0.39 is 11.7 Å². The van der Waals surface area contributed by atoms with Crippen LogP contribution in [0, 0.1) is 6.07 Å². The van der Waals surface area contributed by atoms with Gasteiger partial charge in [0.1, 0.15) is 0 Å². The molecule has 2 rings (SSSR count). The van der Waals surface area contributed by atoms with E-state index in [-0.39, 0.29) is 0 Å². The van der Waals surface area contributed by atoms with Crippen LogP contribution in [0.4, 0.5) is 13.2 Å². The second-order valence-electron chi connectivity index (χ2n) is 3.48. The van der Waals surface area contributed by atoms with Crippen LogP contribution in [0.15, 0.2) is 42.5 Å². The minimum atomic E-state index is -4.35. The minimum Gasteiger partial charge on any atom is -0.166 e. The third-order valence-corrected chi connectivity index (χ3v) is 2.62. The fourth-order valence-corrected chi connectivity index (χ4v) is 1.74. The lowest BCUT2D eigenvalue weighted by Crippen LogP contribution is -2.04. The molecule has 0 spiro atoms. The Bertz CT molecular complexity index is 532. The van der Waals surface area contributed by atoms with E-state index in [1.165, 1.54) is 6.07 Å². The van der Waals surface area contributed by atoms with Crippen LogP contribution < -0.4 is 0 Å². The Labute approximate surface area is 102 Å². The van der Waals surface area contributed by atoms with Gasteiger partial charge in [-0.2, -0.15) is 13.2 Å². The molecule has 87 valence electrons. The molecule has 0 unspecified atom stereocenters. The van der Waals surface area contributed by atoms with Crippen LogP contribution in [-0.2, 0) is 6.18 Å². The monoisotopic (exact) mass is 255 g/mol. The third kappa shape index (κ3) is 2.61. The molecule has 4 heteroatoms. The summed E-state index contributed by atoms with van der Waals surface area (Å²) in [7, 11) is 0. The summed E-state index contributed by atoms with van der Waals surface area (Å²) < 4.78 is 37.6. The average molecular weight is 256 g/mol. The molecule has 0 amide bonds. The van der Waals surface area contributed by atoms with Crippen molar-refractivity contribution in [3.05, 3.63) is 59.1 Å². The summed E-state index contributed by atoms with van der Waals surface area (Å²) in [5.41, 5.74) is 0.289. The van der Waals surface area contributed by atoms with Crippen LogP contribution in [0.3, 0.4) is 0 Å². The minimum absolute atomic E-state index is 0.312. The Hall–Kier alpha value is -1.48. The van der Waals surface area contributed by atoms with Gasteiger partial charge in [0, 0.05) is 11.6 Å². The van der Waals surface area contributed by atoms with Crippen molar-refractivity contribution in [1.29, 1.82) is 0 Å². The predicted molar refractivity (Wildman–Crippen MR) is 60.7 cm³/mol. The summed E-state index contributed by atoms with van der Waals surface area (Å²) in [6.07, 6.45) is -4.35. The maximum absolute atomic E-state index is 12.5. The zero-order valence-corrected chi connectivity index (χ0v) is 9.31. The van der Waals surface area contributed by atoms with E-state index in [0.29, 0.717) is 16.1 Å². The maximum Gasteiger partial charge on any atom is 0.416 e. The second-order valence-corrected chi connectivity index (χ2v) is 3.85. The Balaban J connectivity index is 2.51. The summed E-state index contributed by atoms with van der Waals surface area (Å²) in [5, 5.41) is 0.312. The lowest BCUT2D eigenvalue weighted by molar-refractivity contribution is -0.137. The molecule has 0 aliphatic rings. The molecule has 0 aromatic heterocycles. The molecule has 0 heterocycles. The zero-order chi connectivity index (χ0) is 12.5. The largest absolute Gasteiger partial charge is 0.416 e. The fourth-order valence-electron chi connectivity index (χ4n) is 1.50. The predicted octanol–water partition coefficient (Wildman–Crippen LogP) is 4.83. The maximum atomic E-state index is 12.5. The fraction of sp³-hybridized carbons (Fsp3) is 0.0769. The number of benzene rings is 2. The highest BCUT2D eigenvalue weighted by molar-refractivity contribution is 6.33. The summed E-state index contributed by atoms with van der Waals surface area (Å²) in [5.74, 6) is 0. The van der Waals surface area contributed by atoms with Gasteiger partial charge in [-0.25, -0.2) is 0 Å². The van der Waals surface area contributed by atoms with E-state index in [2.05, 4.69) is 6.07 Å². The topological polar surface area (TPSA) is 0 Å². The van der Waals surface area contributed by atoms with Crippen molar-refractivity contribution >= 4 is 11.6 Å². The van der Waals surface area contributed by atoms with Crippen molar-refractivity contribution in [2.45, 2.75) is 6.18 Å². The second kappa shape index (κ2) is 4.41. The van der Waals surface area contributed by atoms with E-state index in [0.717, 1.165) is 12.1 Å². The Morgan fingerprint density at radius 3 is 2.47 bits per heavy atom. The van der Waals surface area contributed by atoms with Gasteiger partial charge in [-0.05, 0) is 17.7 Å². The number of halogens is 4. The van der Waals surface area contributed by atoms with Gasteiger partial charge < -0.3 is 0 Å². The number of hydrogen-bond donors (Lipinski definition) is 0. The molecule has 0 N–H and O–H groups in total. The van der Waals surface area contributed by atoms with Gasteiger partial charge in [-0.3, -0.25) is 0 Å². The first-order valence-corrected chi connectivity index (χ1v) is 5.20. The Morgan fingerprint density at radius 1 is 1.06 bits per heavy atom. The molecule has 0 fully saturated rings. The lowest BCUT2D eigenvalue weighted by Gasteiger charge is -2.09. The van der Waals surface area contributed by atoms with Crippen LogP contribution >= 0.6 is 11.6 Å². The average Bonchev–Trinajstić information content (AvgIpc) is 2.29. The SMILES string of the molecule is FC(F)(F)c1cccc(-c2ccc[c]c2Cl)c1. The lowest BCUT2D eigenvalue weighted by atomic mass is 10.0. The molecule has 0 atom stereocenters. The smallest absolute Gasteiger partial charge is 0.166 e. The van der Waals surface area contributed by atoms with E-state index in [1.807, 2.05) is 0 Å². The first-order valence-electron chi connectivity index (χ1n) is 4.82. The Morgan fingerprint density at radius 2 is 1.82 bits per heavy atom. The van der Waals surface area contributed by atoms with Gasteiger partial charge in [-0.15, -0.1) is 0 Å². The van der Waals surface area contributed by atoms with Crippen molar-refractivity contribution < 1.29 is 13.2 Å². The van der Waals surface area contributed by atoms with Gasteiger partial charge in [0.25, 0.3) is 0 Å². The van der Waals surface area contributed by atoms with Crippen LogP contribution in [-0.4, -0.2) is 0 Å². The number of rotatable bonds is 1. The van der Waals surface area contributed by atoms with Crippen LogP contribution in [0.2, 0.25) is 5.02 Å². The van der Waals surface area contributed by atoms with Gasteiger partial charge in [0.05, 0.1) is 10.6 Å². The molecular weight excluding hydrogens is 249 g/mol. The van der Waals surface area contributed by atoms with Gasteiger partial charge in [-0.1, -0.05) is 41.9 Å². The summed E-state index contributed by atoms with van der Waals surface area (Å²) in [4.78, 5) is 0. The summed E-state index contributed by atoms with van der Waals surface area (Å²) in [6.45, 7) is 0. The number of alkyl halides is 3. The molecule has 2 aromatic carbocycles. The van der Waals surface area contributed by atoms with E-state index in [9.17, 15) is 13.2 Å². The molecule has 1 radical (unpaired) electrons. The van der Waals surface area contributed by atoms with Crippen molar-refractivity contribution in [2.24, 2.45) is 0 Å². The van der Waals surface area contributed by atoms with Gasteiger partial charge >= 0.3 is 6.18 Å². The zero-order valence-electron chi connectivity index (χ0n) is 8.55.